The molecule has 1 aliphatic rings. The van der Waals surface area contributed by atoms with Crippen LogP contribution in [0.3, 0.4) is 0 Å². The summed E-state index contributed by atoms with van der Waals surface area (Å²) >= 11 is 0. The maximum atomic E-state index is 12.7. The number of hydrogen-bond donors (Lipinski definition) is 2. The maximum Gasteiger partial charge on any atom is 0.416 e. The van der Waals surface area contributed by atoms with Crippen LogP contribution >= 0.6 is 0 Å². The van der Waals surface area contributed by atoms with E-state index in [4.69, 9.17) is 0 Å². The fourth-order valence-electron chi connectivity index (χ4n) is 3.25. The molecule has 2 N–H and O–H groups in total. The van der Waals surface area contributed by atoms with Crippen LogP contribution in [0.1, 0.15) is 24.5 Å². The minimum atomic E-state index is -4.53. The van der Waals surface area contributed by atoms with Crippen LogP contribution < -0.4 is 14.9 Å². The third kappa shape index (κ3) is 5.42. The number of fused-ring (bicyclic) bond motifs is 1. The van der Waals surface area contributed by atoms with Crippen molar-refractivity contribution in [3.05, 3.63) is 53.6 Å². The Morgan fingerprint density at radius 2 is 1.87 bits per heavy atom. The van der Waals surface area contributed by atoms with Crippen molar-refractivity contribution >= 4 is 33.2 Å². The number of sulfonamides is 1. The van der Waals surface area contributed by atoms with Gasteiger partial charge in [-0.2, -0.15) is 13.2 Å². The van der Waals surface area contributed by atoms with E-state index in [-0.39, 0.29) is 29.5 Å². The zero-order chi connectivity index (χ0) is 22.8. The van der Waals surface area contributed by atoms with Crippen LogP contribution in [-0.2, 0) is 32.2 Å². The van der Waals surface area contributed by atoms with E-state index in [2.05, 4.69) is 10.0 Å². The smallest absolute Gasteiger partial charge is 0.326 e. The van der Waals surface area contributed by atoms with E-state index >= 15 is 0 Å². The van der Waals surface area contributed by atoms with Crippen LogP contribution in [0.2, 0.25) is 0 Å². The Morgan fingerprint density at radius 1 is 1.13 bits per heavy atom. The molecule has 0 fully saturated rings. The number of alkyl halides is 3. The Bertz CT molecular complexity index is 1120. The standard InChI is InChI=1S/C20H20F3N3O4S/c1-13(27)26-10-8-14-11-17(5-6-18(14)26)31(29,30)24-9-7-19(28)25-16-4-2-3-15(12-16)20(21,22)23/h2-6,11-12,24H,7-10H2,1H3,(H,25,28). The summed E-state index contributed by atoms with van der Waals surface area (Å²) in [7, 11) is -3.90. The average Bonchev–Trinajstić information content (AvgIpc) is 3.11. The van der Waals surface area contributed by atoms with Crippen molar-refractivity contribution in [2.45, 2.75) is 30.8 Å². The third-order valence-electron chi connectivity index (χ3n) is 4.75. The zero-order valence-corrected chi connectivity index (χ0v) is 17.3. The van der Waals surface area contributed by atoms with Gasteiger partial charge in [0.05, 0.1) is 10.5 Å². The number of amides is 2. The highest BCUT2D eigenvalue weighted by Crippen LogP contribution is 2.31. The molecule has 0 saturated heterocycles. The first-order valence-corrected chi connectivity index (χ1v) is 10.8. The van der Waals surface area contributed by atoms with Gasteiger partial charge in [-0.15, -0.1) is 0 Å². The van der Waals surface area contributed by atoms with Crippen molar-refractivity contribution in [2.24, 2.45) is 0 Å². The number of nitrogens with zero attached hydrogens (tertiary/aromatic N) is 1. The average molecular weight is 455 g/mol. The summed E-state index contributed by atoms with van der Waals surface area (Å²) < 4.78 is 65.5. The minimum absolute atomic E-state index is 0.00920. The van der Waals surface area contributed by atoms with E-state index < -0.39 is 27.7 Å². The predicted octanol–water partition coefficient (Wildman–Crippen LogP) is 2.92. The van der Waals surface area contributed by atoms with Gasteiger partial charge >= 0.3 is 6.18 Å². The summed E-state index contributed by atoms with van der Waals surface area (Å²) in [4.78, 5) is 25.2. The summed E-state index contributed by atoms with van der Waals surface area (Å²) in [6.45, 7) is 1.69. The number of hydrogen-bond acceptors (Lipinski definition) is 4. The lowest BCUT2D eigenvalue weighted by atomic mass is 10.2. The molecule has 3 rings (SSSR count). The van der Waals surface area contributed by atoms with Crippen LogP contribution in [0.4, 0.5) is 24.5 Å². The van der Waals surface area contributed by atoms with Gasteiger partial charge in [0.1, 0.15) is 0 Å². The molecule has 2 aromatic rings. The fraction of sp³-hybridized carbons (Fsp3) is 0.300. The minimum Gasteiger partial charge on any atom is -0.326 e. The largest absolute Gasteiger partial charge is 0.416 e. The molecule has 0 aliphatic carbocycles. The van der Waals surface area contributed by atoms with Crippen molar-refractivity contribution in [1.82, 2.24) is 4.72 Å². The number of rotatable bonds is 6. The summed E-state index contributed by atoms with van der Waals surface area (Å²) in [5, 5.41) is 2.32. The Hall–Kier alpha value is -2.92. The maximum absolute atomic E-state index is 12.7. The van der Waals surface area contributed by atoms with E-state index in [1.165, 1.54) is 31.2 Å². The van der Waals surface area contributed by atoms with Gasteiger partial charge in [0.2, 0.25) is 21.8 Å². The van der Waals surface area contributed by atoms with Crippen molar-refractivity contribution in [1.29, 1.82) is 0 Å². The molecule has 0 saturated carbocycles. The highest BCUT2D eigenvalue weighted by molar-refractivity contribution is 7.89. The van der Waals surface area contributed by atoms with Gasteiger partial charge in [-0.05, 0) is 48.4 Å². The van der Waals surface area contributed by atoms with Crippen LogP contribution in [0, 0.1) is 0 Å². The van der Waals surface area contributed by atoms with Crippen LogP contribution in [-0.4, -0.2) is 33.3 Å². The highest BCUT2D eigenvalue weighted by atomic mass is 32.2. The molecule has 0 unspecified atom stereocenters. The summed E-state index contributed by atoms with van der Waals surface area (Å²) in [6.07, 6.45) is -4.26. The molecule has 2 aromatic carbocycles. The lowest BCUT2D eigenvalue weighted by molar-refractivity contribution is -0.137. The first-order valence-electron chi connectivity index (χ1n) is 9.35. The second-order valence-electron chi connectivity index (χ2n) is 6.99. The van der Waals surface area contributed by atoms with Gasteiger partial charge < -0.3 is 10.2 Å². The first-order chi connectivity index (χ1) is 14.5. The van der Waals surface area contributed by atoms with Crippen LogP contribution in [0.15, 0.2) is 47.4 Å². The Balaban J connectivity index is 1.58. The van der Waals surface area contributed by atoms with E-state index in [0.29, 0.717) is 18.7 Å². The zero-order valence-electron chi connectivity index (χ0n) is 16.5. The molecule has 0 atom stereocenters. The van der Waals surface area contributed by atoms with Gasteiger partial charge in [-0.1, -0.05) is 6.07 Å². The normalized spacial score (nSPS) is 13.7. The van der Waals surface area contributed by atoms with Crippen molar-refractivity contribution < 1.29 is 31.2 Å². The quantitative estimate of drug-likeness (QED) is 0.700. The number of benzene rings is 2. The van der Waals surface area contributed by atoms with E-state index in [0.717, 1.165) is 17.7 Å². The van der Waals surface area contributed by atoms with E-state index in [1.807, 2.05) is 0 Å². The lowest BCUT2D eigenvalue weighted by Crippen LogP contribution is -2.28. The summed E-state index contributed by atoms with van der Waals surface area (Å²) in [6, 6.07) is 8.61. The van der Waals surface area contributed by atoms with Crippen molar-refractivity contribution in [3.63, 3.8) is 0 Å². The molecular formula is C20H20F3N3O4S. The SMILES string of the molecule is CC(=O)N1CCc2cc(S(=O)(=O)NCCC(=O)Nc3cccc(C(F)(F)F)c3)ccc21. The fourth-order valence-corrected chi connectivity index (χ4v) is 4.33. The van der Waals surface area contributed by atoms with Gasteiger partial charge in [-0.25, -0.2) is 13.1 Å². The molecule has 2 amide bonds. The Kier molecular flexibility index (Phi) is 6.37. The van der Waals surface area contributed by atoms with Crippen LogP contribution in [0.5, 0.6) is 0 Å². The third-order valence-corrected chi connectivity index (χ3v) is 6.21. The lowest BCUT2D eigenvalue weighted by Gasteiger charge is -2.15. The van der Waals surface area contributed by atoms with Crippen molar-refractivity contribution in [2.75, 3.05) is 23.3 Å². The van der Waals surface area contributed by atoms with Gasteiger partial charge in [0.15, 0.2) is 0 Å². The number of carbonyl (C=O) groups excluding carboxylic acids is 2. The second kappa shape index (κ2) is 8.67. The summed E-state index contributed by atoms with van der Waals surface area (Å²) in [5.74, 6) is -0.757. The number of carbonyl (C=O) groups is 2. The Labute approximate surface area is 177 Å². The second-order valence-corrected chi connectivity index (χ2v) is 8.75. The molecule has 166 valence electrons. The van der Waals surface area contributed by atoms with Gasteiger partial charge in [-0.3, -0.25) is 9.59 Å². The first kappa shape index (κ1) is 22.8. The van der Waals surface area contributed by atoms with E-state index in [1.54, 1.807) is 11.0 Å². The molecule has 0 spiro atoms. The molecular weight excluding hydrogens is 435 g/mol. The highest BCUT2D eigenvalue weighted by Gasteiger charge is 2.30. The molecule has 11 heteroatoms. The predicted molar refractivity (Wildman–Crippen MR) is 108 cm³/mol. The molecule has 1 heterocycles. The van der Waals surface area contributed by atoms with Crippen LogP contribution in [0.25, 0.3) is 0 Å². The van der Waals surface area contributed by atoms with Crippen molar-refractivity contribution in [3.8, 4) is 0 Å². The molecule has 31 heavy (non-hydrogen) atoms. The molecule has 0 aromatic heterocycles. The molecule has 0 radical (unpaired) electrons. The Morgan fingerprint density at radius 3 is 2.55 bits per heavy atom. The van der Waals surface area contributed by atoms with Gasteiger partial charge in [0.25, 0.3) is 0 Å². The number of halogens is 3. The van der Waals surface area contributed by atoms with E-state index in [9.17, 15) is 31.2 Å². The molecule has 7 nitrogen and oxygen atoms in total. The molecule has 1 aliphatic heterocycles. The molecule has 0 bridgehead atoms. The topological polar surface area (TPSA) is 95.6 Å². The monoisotopic (exact) mass is 455 g/mol. The summed E-state index contributed by atoms with van der Waals surface area (Å²) in [5.41, 5.74) is 0.481. The number of nitrogens with one attached hydrogen (secondary N) is 2. The van der Waals surface area contributed by atoms with Gasteiger partial charge in [0, 0.05) is 37.8 Å². The number of anilines is 2.